The second-order valence-corrected chi connectivity index (χ2v) is 7.64. The first kappa shape index (κ1) is 19.6. The molecule has 0 unspecified atom stereocenters. The fourth-order valence-electron chi connectivity index (χ4n) is 1.73. The van der Waals surface area contributed by atoms with E-state index in [-0.39, 0.29) is 11.5 Å². The molecule has 0 aliphatic heterocycles. The molecule has 0 atom stereocenters. The lowest BCUT2D eigenvalue weighted by molar-refractivity contribution is 0.262. The Bertz CT molecular complexity index is 781. The first-order chi connectivity index (χ1) is 11.7. The number of carbonyl (C=O) groups is 1. The van der Waals surface area contributed by atoms with E-state index in [0.717, 1.165) is 0 Å². The topological polar surface area (TPSA) is 91.8 Å². The number of urea groups is 1. The standard InChI is InChI=1S/C15H18Cl2N6OS/c1-15(2,3)23-12-19-11(21-14(22-12)25-4)20-13(24)18-8-5-6-9(16)10(17)7-8/h5-7H,1-4H3,(H3,18,19,20,21,22,23,24). The van der Waals surface area contributed by atoms with Gasteiger partial charge in [-0.2, -0.15) is 15.0 Å². The Morgan fingerprint density at radius 1 is 1.04 bits per heavy atom. The van der Waals surface area contributed by atoms with Crippen LogP contribution >= 0.6 is 35.0 Å². The molecule has 10 heteroatoms. The van der Waals surface area contributed by atoms with Crippen LogP contribution in [-0.2, 0) is 0 Å². The zero-order valence-electron chi connectivity index (χ0n) is 14.1. The molecule has 0 aliphatic carbocycles. The van der Waals surface area contributed by atoms with Crippen molar-refractivity contribution in [1.29, 1.82) is 0 Å². The first-order valence-electron chi connectivity index (χ1n) is 7.27. The average molecular weight is 401 g/mol. The van der Waals surface area contributed by atoms with Crippen LogP contribution in [0.1, 0.15) is 20.8 Å². The molecule has 1 aromatic carbocycles. The molecule has 2 aromatic rings. The third-order valence-corrected chi connectivity index (χ3v) is 3.97. The molecule has 25 heavy (non-hydrogen) atoms. The minimum Gasteiger partial charge on any atom is -0.349 e. The highest BCUT2D eigenvalue weighted by atomic mass is 35.5. The summed E-state index contributed by atoms with van der Waals surface area (Å²) in [5, 5.41) is 9.63. The molecule has 1 heterocycles. The highest BCUT2D eigenvalue weighted by molar-refractivity contribution is 7.98. The van der Waals surface area contributed by atoms with Gasteiger partial charge in [0.2, 0.25) is 11.9 Å². The summed E-state index contributed by atoms with van der Waals surface area (Å²) in [6.07, 6.45) is 1.84. The lowest BCUT2D eigenvalue weighted by atomic mass is 10.1. The lowest BCUT2D eigenvalue weighted by Crippen LogP contribution is -2.28. The fourth-order valence-corrected chi connectivity index (χ4v) is 2.39. The molecule has 0 spiro atoms. The van der Waals surface area contributed by atoms with Crippen LogP contribution in [0.2, 0.25) is 10.0 Å². The van der Waals surface area contributed by atoms with Gasteiger partial charge in [0, 0.05) is 11.2 Å². The number of halogens is 2. The predicted octanol–water partition coefficient (Wildman–Crippen LogP) is 4.75. The van der Waals surface area contributed by atoms with Crippen LogP contribution in [0.3, 0.4) is 0 Å². The minimum atomic E-state index is -0.502. The van der Waals surface area contributed by atoms with Crippen molar-refractivity contribution in [3.8, 4) is 0 Å². The summed E-state index contributed by atoms with van der Waals surface area (Å²) in [4.78, 5) is 24.8. The Labute approximate surface area is 160 Å². The van der Waals surface area contributed by atoms with Gasteiger partial charge in [-0.3, -0.25) is 5.32 Å². The number of hydrogen-bond donors (Lipinski definition) is 3. The van der Waals surface area contributed by atoms with Crippen molar-refractivity contribution < 1.29 is 4.79 Å². The summed E-state index contributed by atoms with van der Waals surface area (Å²) in [6.45, 7) is 5.96. The van der Waals surface area contributed by atoms with E-state index in [2.05, 4.69) is 30.9 Å². The van der Waals surface area contributed by atoms with E-state index in [0.29, 0.717) is 26.8 Å². The Hall–Kier alpha value is -1.77. The van der Waals surface area contributed by atoms with Crippen LogP contribution < -0.4 is 16.0 Å². The third kappa shape index (κ3) is 6.22. The molecule has 0 radical (unpaired) electrons. The SMILES string of the molecule is CSc1nc(NC(=O)Nc2ccc(Cl)c(Cl)c2)nc(NC(C)(C)C)n1. The zero-order chi connectivity index (χ0) is 18.6. The van der Waals surface area contributed by atoms with E-state index in [4.69, 9.17) is 23.2 Å². The first-order valence-corrected chi connectivity index (χ1v) is 9.25. The maximum absolute atomic E-state index is 12.1. The summed E-state index contributed by atoms with van der Waals surface area (Å²) < 4.78 is 0. The van der Waals surface area contributed by atoms with Gasteiger partial charge in [0.1, 0.15) is 0 Å². The lowest BCUT2D eigenvalue weighted by Gasteiger charge is -2.20. The molecule has 2 amide bonds. The van der Waals surface area contributed by atoms with E-state index in [1.54, 1.807) is 18.2 Å². The van der Waals surface area contributed by atoms with Crippen LogP contribution in [0.15, 0.2) is 23.4 Å². The number of benzene rings is 1. The van der Waals surface area contributed by atoms with Gasteiger partial charge in [0.05, 0.1) is 10.0 Å². The van der Waals surface area contributed by atoms with Gasteiger partial charge in [0.15, 0.2) is 5.16 Å². The molecule has 7 nitrogen and oxygen atoms in total. The molecule has 0 saturated carbocycles. The van der Waals surface area contributed by atoms with Gasteiger partial charge >= 0.3 is 6.03 Å². The smallest absolute Gasteiger partial charge is 0.326 e. The van der Waals surface area contributed by atoms with Crippen LogP contribution in [0.4, 0.5) is 22.4 Å². The molecule has 3 N–H and O–H groups in total. The number of nitrogens with zero attached hydrogens (tertiary/aromatic N) is 3. The molecule has 134 valence electrons. The van der Waals surface area contributed by atoms with Gasteiger partial charge in [-0.1, -0.05) is 35.0 Å². The van der Waals surface area contributed by atoms with Crippen LogP contribution in [-0.4, -0.2) is 32.8 Å². The van der Waals surface area contributed by atoms with E-state index >= 15 is 0 Å². The quantitative estimate of drug-likeness (QED) is 0.640. The predicted molar refractivity (Wildman–Crippen MR) is 104 cm³/mol. The highest BCUT2D eigenvalue weighted by Crippen LogP contribution is 2.25. The van der Waals surface area contributed by atoms with Gasteiger partial charge in [-0.25, -0.2) is 4.79 Å². The number of aromatic nitrogens is 3. The van der Waals surface area contributed by atoms with Gasteiger partial charge in [-0.05, 0) is 45.2 Å². The number of hydrogen-bond acceptors (Lipinski definition) is 6. The monoisotopic (exact) mass is 400 g/mol. The average Bonchev–Trinajstić information content (AvgIpc) is 2.48. The minimum absolute atomic E-state index is 0.142. The normalized spacial score (nSPS) is 11.1. The zero-order valence-corrected chi connectivity index (χ0v) is 16.5. The van der Waals surface area contributed by atoms with E-state index in [1.165, 1.54) is 11.8 Å². The van der Waals surface area contributed by atoms with Gasteiger partial charge in [-0.15, -0.1) is 0 Å². The summed E-state index contributed by atoms with van der Waals surface area (Å²) >= 11 is 13.1. The highest BCUT2D eigenvalue weighted by Gasteiger charge is 2.15. The van der Waals surface area contributed by atoms with Crippen LogP contribution in [0.5, 0.6) is 0 Å². The second-order valence-electron chi connectivity index (χ2n) is 6.05. The molecule has 2 rings (SSSR count). The van der Waals surface area contributed by atoms with Gasteiger partial charge in [0.25, 0.3) is 0 Å². The summed E-state index contributed by atoms with van der Waals surface area (Å²) in [6, 6.07) is 4.29. The molecular weight excluding hydrogens is 383 g/mol. The molecular formula is C15H18Cl2N6OS. The number of thioether (sulfide) groups is 1. The van der Waals surface area contributed by atoms with Gasteiger partial charge < -0.3 is 10.6 Å². The number of rotatable bonds is 4. The third-order valence-electron chi connectivity index (χ3n) is 2.69. The Kier molecular flexibility index (Phi) is 6.31. The molecule has 0 saturated heterocycles. The van der Waals surface area contributed by atoms with E-state index in [1.807, 2.05) is 27.0 Å². The van der Waals surface area contributed by atoms with Crippen molar-refractivity contribution in [2.45, 2.75) is 31.5 Å². The fraction of sp³-hybridized carbons (Fsp3) is 0.333. The van der Waals surface area contributed by atoms with Crippen molar-refractivity contribution in [3.05, 3.63) is 28.2 Å². The molecule has 0 bridgehead atoms. The molecule has 0 aliphatic rings. The van der Waals surface area contributed by atoms with Crippen LogP contribution in [0.25, 0.3) is 0 Å². The van der Waals surface area contributed by atoms with Crippen molar-refractivity contribution >= 4 is 58.6 Å². The Balaban J connectivity index is 2.13. The maximum Gasteiger partial charge on any atom is 0.326 e. The summed E-state index contributed by atoms with van der Waals surface area (Å²) in [7, 11) is 0. The Morgan fingerprint density at radius 2 is 1.72 bits per heavy atom. The number of anilines is 3. The Morgan fingerprint density at radius 3 is 2.32 bits per heavy atom. The summed E-state index contributed by atoms with van der Waals surface area (Å²) in [5.41, 5.74) is 0.274. The largest absolute Gasteiger partial charge is 0.349 e. The van der Waals surface area contributed by atoms with Crippen molar-refractivity contribution in [2.75, 3.05) is 22.2 Å². The number of nitrogens with one attached hydrogen (secondary N) is 3. The van der Waals surface area contributed by atoms with E-state index < -0.39 is 6.03 Å². The molecule has 1 aromatic heterocycles. The number of amides is 2. The maximum atomic E-state index is 12.1. The van der Waals surface area contributed by atoms with Crippen molar-refractivity contribution in [2.24, 2.45) is 0 Å². The van der Waals surface area contributed by atoms with Crippen molar-refractivity contribution in [3.63, 3.8) is 0 Å². The summed E-state index contributed by atoms with van der Waals surface area (Å²) in [5.74, 6) is 0.528. The van der Waals surface area contributed by atoms with E-state index in [9.17, 15) is 4.79 Å². The second kappa shape index (κ2) is 8.07. The molecule has 0 fully saturated rings. The van der Waals surface area contributed by atoms with Crippen LogP contribution in [0, 0.1) is 0 Å². The van der Waals surface area contributed by atoms with Crippen molar-refractivity contribution in [1.82, 2.24) is 15.0 Å². The number of carbonyl (C=O) groups excluding carboxylic acids is 1.